The van der Waals surface area contributed by atoms with Gasteiger partial charge in [0.15, 0.2) is 22.9 Å². The van der Waals surface area contributed by atoms with Crippen LogP contribution in [0.1, 0.15) is 37.9 Å². The van der Waals surface area contributed by atoms with Crippen LogP contribution in [-0.2, 0) is 4.79 Å². The third-order valence-corrected chi connectivity index (χ3v) is 8.49. The van der Waals surface area contributed by atoms with E-state index in [1.165, 1.54) is 18.4 Å². The minimum absolute atomic E-state index is 0.111. The van der Waals surface area contributed by atoms with Crippen molar-refractivity contribution in [1.82, 2.24) is 9.47 Å². The Morgan fingerprint density at radius 2 is 1.79 bits per heavy atom. The second kappa shape index (κ2) is 12.5. The lowest BCUT2D eigenvalue weighted by Gasteiger charge is -2.30. The van der Waals surface area contributed by atoms with E-state index in [-0.39, 0.29) is 18.1 Å². The molecule has 10 heteroatoms. The summed E-state index contributed by atoms with van der Waals surface area (Å²) in [6, 6.07) is 18.2. The zero-order chi connectivity index (χ0) is 30.7. The summed E-state index contributed by atoms with van der Waals surface area (Å²) < 4.78 is 18.8. The van der Waals surface area contributed by atoms with Crippen molar-refractivity contribution in [2.45, 2.75) is 26.8 Å². The van der Waals surface area contributed by atoms with Crippen LogP contribution in [0.2, 0.25) is 0 Å². The molecule has 0 fully saturated rings. The number of nitriles is 1. The van der Waals surface area contributed by atoms with Crippen LogP contribution < -0.4 is 29.1 Å². The van der Waals surface area contributed by atoms with Gasteiger partial charge >= 0.3 is 0 Å². The highest BCUT2D eigenvalue weighted by atomic mass is 32.1. The van der Waals surface area contributed by atoms with Gasteiger partial charge < -0.3 is 19.1 Å². The van der Waals surface area contributed by atoms with E-state index in [2.05, 4.69) is 0 Å². The maximum Gasteiger partial charge on any atom is 0.271 e. The highest BCUT2D eigenvalue weighted by Crippen LogP contribution is 2.40. The molecule has 0 bridgehead atoms. The van der Waals surface area contributed by atoms with Gasteiger partial charge in [-0.2, -0.15) is 5.26 Å². The van der Waals surface area contributed by atoms with Crippen molar-refractivity contribution in [2.24, 2.45) is 4.99 Å². The molecule has 1 aromatic heterocycles. The molecule has 0 N–H and O–H groups in total. The molecule has 0 aliphatic carbocycles. The van der Waals surface area contributed by atoms with E-state index in [0.29, 0.717) is 56.5 Å². The molecule has 2 heterocycles. The first kappa shape index (κ1) is 29.6. The standard InChI is InChI=1S/C33H32N4O5S/c1-6-36(7-2)32(39)28-20(3)35-33-37(30(28)29-23-11-9-8-10-22(23)13-15-25(29)40-4)31(38)27(43-33)19-21-12-14-24(42-17-16-34)26(18-21)41-5/h8-15,18-19,30H,6-7,17H2,1-5H3/b27-19+/t30-/m1/s1. The van der Waals surface area contributed by atoms with Crippen LogP contribution in [0, 0.1) is 11.3 Å². The molecule has 0 saturated heterocycles. The van der Waals surface area contributed by atoms with Gasteiger partial charge in [0.05, 0.1) is 30.0 Å². The predicted molar refractivity (Wildman–Crippen MR) is 166 cm³/mol. The first-order valence-electron chi connectivity index (χ1n) is 13.9. The largest absolute Gasteiger partial charge is 0.496 e. The lowest BCUT2D eigenvalue weighted by Crippen LogP contribution is -2.43. The maximum absolute atomic E-state index is 14.3. The summed E-state index contributed by atoms with van der Waals surface area (Å²) in [7, 11) is 3.11. The fourth-order valence-electron chi connectivity index (χ4n) is 5.44. The molecule has 3 aromatic carbocycles. The second-order valence-electron chi connectivity index (χ2n) is 9.82. The molecule has 0 spiro atoms. The number of allylic oxidation sites excluding steroid dienone is 1. The van der Waals surface area contributed by atoms with Gasteiger partial charge in [0.1, 0.15) is 17.9 Å². The zero-order valence-corrected chi connectivity index (χ0v) is 25.5. The smallest absolute Gasteiger partial charge is 0.271 e. The van der Waals surface area contributed by atoms with E-state index in [4.69, 9.17) is 24.5 Å². The van der Waals surface area contributed by atoms with E-state index in [1.807, 2.05) is 63.2 Å². The van der Waals surface area contributed by atoms with Crippen LogP contribution in [0.15, 0.2) is 75.7 Å². The molecule has 9 nitrogen and oxygen atoms in total. The summed E-state index contributed by atoms with van der Waals surface area (Å²) in [4.78, 5) is 35.4. The first-order valence-corrected chi connectivity index (χ1v) is 14.7. The number of hydrogen-bond donors (Lipinski definition) is 0. The number of rotatable bonds is 9. The number of nitrogens with zero attached hydrogens (tertiary/aromatic N) is 4. The predicted octanol–water partition coefficient (Wildman–Crippen LogP) is 4.18. The normalized spacial score (nSPS) is 14.6. The molecule has 1 atom stereocenters. The van der Waals surface area contributed by atoms with Crippen LogP contribution in [-0.4, -0.2) is 49.3 Å². The Morgan fingerprint density at radius 3 is 2.49 bits per heavy atom. The summed E-state index contributed by atoms with van der Waals surface area (Å²) in [6.45, 7) is 6.62. The molecule has 0 radical (unpaired) electrons. The average Bonchev–Trinajstić information content (AvgIpc) is 3.33. The molecular weight excluding hydrogens is 564 g/mol. The van der Waals surface area contributed by atoms with Gasteiger partial charge in [-0.15, -0.1) is 0 Å². The summed E-state index contributed by atoms with van der Waals surface area (Å²) in [6.07, 6.45) is 1.77. The van der Waals surface area contributed by atoms with Gasteiger partial charge in [-0.05, 0) is 61.4 Å². The Bertz CT molecular complexity index is 1960. The number of methoxy groups -OCH3 is 2. The fourth-order valence-corrected chi connectivity index (χ4v) is 6.49. The Balaban J connectivity index is 1.78. The van der Waals surface area contributed by atoms with E-state index < -0.39 is 6.04 Å². The van der Waals surface area contributed by atoms with Gasteiger partial charge in [0.2, 0.25) is 0 Å². The molecule has 4 aromatic rings. The summed E-state index contributed by atoms with van der Waals surface area (Å²) in [5.41, 5.74) is 2.17. The van der Waals surface area contributed by atoms with E-state index in [1.54, 1.807) is 40.9 Å². The number of likely N-dealkylation sites (N-methyl/N-ethyl adjacent to an activating group) is 1. The van der Waals surface area contributed by atoms with Crippen LogP contribution in [0.5, 0.6) is 17.2 Å². The third-order valence-electron chi connectivity index (χ3n) is 7.50. The zero-order valence-electron chi connectivity index (χ0n) is 24.7. The van der Waals surface area contributed by atoms with E-state index in [9.17, 15) is 9.59 Å². The van der Waals surface area contributed by atoms with Crippen LogP contribution in [0.25, 0.3) is 16.8 Å². The Kier molecular flexibility index (Phi) is 8.64. The first-order chi connectivity index (χ1) is 20.9. The lowest BCUT2D eigenvalue weighted by molar-refractivity contribution is -0.127. The Labute approximate surface area is 253 Å². The minimum Gasteiger partial charge on any atom is -0.496 e. The minimum atomic E-state index is -0.760. The number of ether oxygens (including phenoxy) is 3. The highest BCUT2D eigenvalue weighted by Gasteiger charge is 2.36. The van der Waals surface area contributed by atoms with E-state index >= 15 is 0 Å². The highest BCUT2D eigenvalue weighted by molar-refractivity contribution is 7.07. The van der Waals surface area contributed by atoms with E-state index in [0.717, 1.165) is 16.3 Å². The number of benzene rings is 3. The molecule has 0 unspecified atom stereocenters. The Hall–Kier alpha value is -4.88. The quantitative estimate of drug-likeness (QED) is 0.287. The van der Waals surface area contributed by atoms with Gasteiger partial charge in [-0.3, -0.25) is 14.2 Å². The number of thiazole rings is 1. The SMILES string of the molecule is CCN(CC)C(=O)C1=C(C)N=c2s/c(=C/c3ccc(OCC#N)c(OC)c3)c(=O)n2[C@H]1c1c(OC)ccc2ccccc12. The Morgan fingerprint density at radius 1 is 1.07 bits per heavy atom. The summed E-state index contributed by atoms with van der Waals surface area (Å²) in [5.74, 6) is 1.28. The monoisotopic (exact) mass is 596 g/mol. The van der Waals surface area contributed by atoms with Crippen molar-refractivity contribution in [3.8, 4) is 23.3 Å². The van der Waals surface area contributed by atoms with Crippen molar-refractivity contribution in [3.05, 3.63) is 96.7 Å². The average molecular weight is 597 g/mol. The molecule has 220 valence electrons. The van der Waals surface area contributed by atoms with Crippen molar-refractivity contribution in [2.75, 3.05) is 33.9 Å². The molecule has 1 aliphatic rings. The fraction of sp³-hybridized carbons (Fsp3) is 0.273. The summed E-state index contributed by atoms with van der Waals surface area (Å²) in [5, 5.41) is 10.7. The number of aromatic nitrogens is 1. The number of fused-ring (bicyclic) bond motifs is 2. The van der Waals surface area contributed by atoms with Crippen LogP contribution in [0.3, 0.4) is 0 Å². The maximum atomic E-state index is 14.3. The van der Waals surface area contributed by atoms with Gasteiger partial charge in [0, 0.05) is 18.7 Å². The van der Waals surface area contributed by atoms with Crippen molar-refractivity contribution in [3.63, 3.8) is 0 Å². The molecule has 1 aliphatic heterocycles. The third kappa shape index (κ3) is 5.40. The number of hydrogen-bond acceptors (Lipinski definition) is 8. The van der Waals surface area contributed by atoms with Crippen molar-refractivity contribution >= 4 is 34.1 Å². The molecule has 43 heavy (non-hydrogen) atoms. The number of amides is 1. The van der Waals surface area contributed by atoms with Gasteiger partial charge in [-0.25, -0.2) is 4.99 Å². The molecule has 0 saturated carbocycles. The van der Waals surface area contributed by atoms with Crippen LogP contribution in [0.4, 0.5) is 0 Å². The summed E-state index contributed by atoms with van der Waals surface area (Å²) >= 11 is 1.26. The number of carbonyl (C=O) groups excluding carboxylic acids is 1. The topological polar surface area (TPSA) is 106 Å². The van der Waals surface area contributed by atoms with Gasteiger partial charge in [0.25, 0.3) is 11.5 Å². The lowest BCUT2D eigenvalue weighted by atomic mass is 9.90. The molecule has 1 amide bonds. The second-order valence-corrected chi connectivity index (χ2v) is 10.8. The van der Waals surface area contributed by atoms with Crippen molar-refractivity contribution < 1.29 is 19.0 Å². The van der Waals surface area contributed by atoms with Crippen LogP contribution >= 0.6 is 11.3 Å². The molecule has 5 rings (SSSR count). The van der Waals surface area contributed by atoms with Gasteiger partial charge in [-0.1, -0.05) is 47.7 Å². The molecular formula is C33H32N4O5S. The number of carbonyl (C=O) groups is 1. The van der Waals surface area contributed by atoms with Crippen molar-refractivity contribution in [1.29, 1.82) is 5.26 Å².